The number of ether oxygens (including phenoxy) is 1. The van der Waals surface area contributed by atoms with Crippen molar-refractivity contribution in [1.82, 2.24) is 4.90 Å². The molecule has 19 heavy (non-hydrogen) atoms. The van der Waals surface area contributed by atoms with Crippen LogP contribution in [0.1, 0.15) is 33.6 Å². The Kier molecular flexibility index (Phi) is 5.31. The van der Waals surface area contributed by atoms with Crippen LogP contribution in [0.4, 0.5) is 0 Å². The van der Waals surface area contributed by atoms with E-state index in [1.807, 2.05) is 20.8 Å². The second kappa shape index (κ2) is 6.34. The number of carboxylic acid groups (broad SMARTS) is 1. The zero-order chi connectivity index (χ0) is 14.6. The van der Waals surface area contributed by atoms with Gasteiger partial charge in [-0.05, 0) is 18.3 Å². The van der Waals surface area contributed by atoms with Crippen molar-refractivity contribution < 1.29 is 19.4 Å². The fraction of sp³-hybridized carbons (Fsp3) is 0.846. The molecule has 0 saturated carbocycles. The zero-order valence-corrected chi connectivity index (χ0v) is 11.9. The number of amides is 1. The first-order valence-electron chi connectivity index (χ1n) is 6.59. The lowest BCUT2D eigenvalue weighted by molar-refractivity contribution is -0.147. The van der Waals surface area contributed by atoms with Gasteiger partial charge < -0.3 is 20.5 Å². The Morgan fingerprint density at radius 2 is 1.89 bits per heavy atom. The summed E-state index contributed by atoms with van der Waals surface area (Å²) in [6.45, 7) is 6.70. The van der Waals surface area contributed by atoms with Gasteiger partial charge in [-0.25, -0.2) is 4.79 Å². The number of nitrogens with zero attached hydrogens (tertiary/aromatic N) is 1. The van der Waals surface area contributed by atoms with E-state index in [1.165, 1.54) is 0 Å². The molecule has 1 heterocycles. The number of likely N-dealkylation sites (tertiary alicyclic amines) is 1. The van der Waals surface area contributed by atoms with E-state index in [2.05, 4.69) is 0 Å². The third-order valence-corrected chi connectivity index (χ3v) is 3.40. The highest BCUT2D eigenvalue weighted by molar-refractivity contribution is 5.82. The number of carbonyl (C=O) groups excluding carboxylic acids is 1. The summed E-state index contributed by atoms with van der Waals surface area (Å²) in [6, 6.07) is -0.510. The van der Waals surface area contributed by atoms with Crippen LogP contribution in [0.2, 0.25) is 0 Å². The lowest BCUT2D eigenvalue weighted by Crippen LogP contribution is -2.53. The largest absolute Gasteiger partial charge is 0.480 e. The van der Waals surface area contributed by atoms with E-state index in [0.717, 1.165) is 0 Å². The highest BCUT2D eigenvalue weighted by Gasteiger charge is 2.33. The SMILES string of the molecule is CC(C)(C)[C@H](N)C(=O)N1CCC(OCC(=O)O)CC1. The number of hydrogen-bond donors (Lipinski definition) is 2. The number of carbonyl (C=O) groups is 2. The predicted octanol–water partition coefficient (Wildman–Crippen LogP) is 0.452. The van der Waals surface area contributed by atoms with Crippen LogP contribution >= 0.6 is 0 Å². The van der Waals surface area contributed by atoms with Gasteiger partial charge in [0.2, 0.25) is 5.91 Å². The van der Waals surface area contributed by atoms with Crippen molar-refractivity contribution in [2.45, 2.75) is 45.8 Å². The van der Waals surface area contributed by atoms with Crippen LogP contribution in [0, 0.1) is 5.41 Å². The van der Waals surface area contributed by atoms with Gasteiger partial charge in [-0.3, -0.25) is 4.79 Å². The van der Waals surface area contributed by atoms with E-state index in [4.69, 9.17) is 15.6 Å². The van der Waals surface area contributed by atoms with Crippen LogP contribution in [0.15, 0.2) is 0 Å². The molecule has 0 spiro atoms. The van der Waals surface area contributed by atoms with Gasteiger partial charge in [0, 0.05) is 13.1 Å². The fourth-order valence-corrected chi connectivity index (χ4v) is 2.00. The lowest BCUT2D eigenvalue weighted by atomic mass is 9.86. The van der Waals surface area contributed by atoms with E-state index in [-0.39, 0.29) is 24.0 Å². The average molecular weight is 272 g/mol. The van der Waals surface area contributed by atoms with E-state index >= 15 is 0 Å². The Hall–Kier alpha value is -1.14. The summed E-state index contributed by atoms with van der Waals surface area (Å²) in [4.78, 5) is 24.3. The molecular formula is C13H24N2O4. The molecule has 0 aromatic carbocycles. The van der Waals surface area contributed by atoms with Crippen LogP contribution in [0.3, 0.4) is 0 Å². The Bertz CT molecular complexity index is 330. The van der Waals surface area contributed by atoms with Crippen molar-refractivity contribution in [2.24, 2.45) is 11.1 Å². The van der Waals surface area contributed by atoms with Gasteiger partial charge in [0.1, 0.15) is 6.61 Å². The normalized spacial score (nSPS) is 19.3. The van der Waals surface area contributed by atoms with Gasteiger partial charge in [-0.1, -0.05) is 20.8 Å². The van der Waals surface area contributed by atoms with Crippen LogP contribution < -0.4 is 5.73 Å². The quantitative estimate of drug-likeness (QED) is 0.775. The van der Waals surface area contributed by atoms with Gasteiger partial charge in [-0.15, -0.1) is 0 Å². The minimum atomic E-state index is -0.965. The van der Waals surface area contributed by atoms with Crippen molar-refractivity contribution in [3.8, 4) is 0 Å². The Morgan fingerprint density at radius 1 is 1.37 bits per heavy atom. The van der Waals surface area contributed by atoms with Crippen LogP contribution in [0.25, 0.3) is 0 Å². The van der Waals surface area contributed by atoms with Crippen molar-refractivity contribution in [1.29, 1.82) is 0 Å². The predicted molar refractivity (Wildman–Crippen MR) is 70.6 cm³/mol. The molecule has 1 amide bonds. The Balaban J connectivity index is 2.41. The molecule has 0 unspecified atom stereocenters. The number of hydrogen-bond acceptors (Lipinski definition) is 4. The lowest BCUT2D eigenvalue weighted by Gasteiger charge is -2.36. The number of piperidine rings is 1. The molecule has 3 N–H and O–H groups in total. The molecule has 1 aliphatic heterocycles. The van der Waals surface area contributed by atoms with Crippen LogP contribution in [-0.4, -0.2) is 53.7 Å². The summed E-state index contributed by atoms with van der Waals surface area (Å²) >= 11 is 0. The highest BCUT2D eigenvalue weighted by Crippen LogP contribution is 2.21. The van der Waals surface area contributed by atoms with Gasteiger partial charge in [0.05, 0.1) is 12.1 Å². The van der Waals surface area contributed by atoms with E-state index in [0.29, 0.717) is 25.9 Å². The maximum Gasteiger partial charge on any atom is 0.329 e. The monoisotopic (exact) mass is 272 g/mol. The molecule has 6 nitrogen and oxygen atoms in total. The van der Waals surface area contributed by atoms with Gasteiger partial charge in [0.25, 0.3) is 0 Å². The molecule has 110 valence electrons. The number of aliphatic carboxylic acids is 1. The maximum absolute atomic E-state index is 12.2. The summed E-state index contributed by atoms with van der Waals surface area (Å²) in [7, 11) is 0. The van der Waals surface area contributed by atoms with Crippen molar-refractivity contribution in [2.75, 3.05) is 19.7 Å². The smallest absolute Gasteiger partial charge is 0.329 e. The first-order chi connectivity index (χ1) is 8.71. The minimum absolute atomic E-state index is 0.0378. The first kappa shape index (κ1) is 15.9. The zero-order valence-electron chi connectivity index (χ0n) is 11.9. The summed E-state index contributed by atoms with van der Waals surface area (Å²) in [5.74, 6) is -1.00. The van der Waals surface area contributed by atoms with Gasteiger partial charge >= 0.3 is 5.97 Å². The van der Waals surface area contributed by atoms with E-state index in [1.54, 1.807) is 4.90 Å². The molecule has 1 rings (SSSR count). The molecule has 0 aliphatic carbocycles. The van der Waals surface area contributed by atoms with Crippen molar-refractivity contribution in [3.63, 3.8) is 0 Å². The summed E-state index contributed by atoms with van der Waals surface area (Å²) in [5, 5.41) is 8.54. The Labute approximate surface area is 113 Å². The number of rotatable bonds is 4. The molecule has 6 heteroatoms. The first-order valence-corrected chi connectivity index (χ1v) is 6.59. The highest BCUT2D eigenvalue weighted by atomic mass is 16.5. The molecule has 0 radical (unpaired) electrons. The Morgan fingerprint density at radius 3 is 2.32 bits per heavy atom. The molecular weight excluding hydrogens is 248 g/mol. The van der Waals surface area contributed by atoms with Gasteiger partial charge in [-0.2, -0.15) is 0 Å². The number of carboxylic acids is 1. The third kappa shape index (κ3) is 4.80. The molecule has 1 aliphatic rings. The molecule has 0 aromatic rings. The summed E-state index contributed by atoms with van der Waals surface area (Å²) in [6.07, 6.45) is 1.25. The van der Waals surface area contributed by atoms with E-state index < -0.39 is 12.0 Å². The maximum atomic E-state index is 12.2. The number of nitrogens with two attached hydrogens (primary N) is 1. The van der Waals surface area contributed by atoms with Gasteiger partial charge in [0.15, 0.2) is 0 Å². The summed E-state index contributed by atoms with van der Waals surface area (Å²) in [5.41, 5.74) is 5.70. The molecule has 0 aromatic heterocycles. The molecule has 0 bridgehead atoms. The second-order valence-electron chi connectivity index (χ2n) is 6.07. The standard InChI is InChI=1S/C13H24N2O4/c1-13(2,3)11(14)12(18)15-6-4-9(5-7-15)19-8-10(16)17/h9,11H,4-8,14H2,1-3H3,(H,16,17)/t11-/m1/s1. The third-order valence-electron chi connectivity index (χ3n) is 3.40. The molecule has 1 saturated heterocycles. The van der Waals surface area contributed by atoms with Crippen molar-refractivity contribution >= 4 is 11.9 Å². The topological polar surface area (TPSA) is 92.9 Å². The average Bonchev–Trinajstić information content (AvgIpc) is 2.34. The van der Waals surface area contributed by atoms with E-state index in [9.17, 15) is 9.59 Å². The fourth-order valence-electron chi connectivity index (χ4n) is 2.00. The van der Waals surface area contributed by atoms with Crippen LogP contribution in [0.5, 0.6) is 0 Å². The molecule has 1 fully saturated rings. The minimum Gasteiger partial charge on any atom is -0.480 e. The van der Waals surface area contributed by atoms with Crippen molar-refractivity contribution in [3.05, 3.63) is 0 Å². The molecule has 1 atom stereocenters. The second-order valence-corrected chi connectivity index (χ2v) is 6.07. The summed E-state index contributed by atoms with van der Waals surface area (Å²) < 4.78 is 5.23. The van der Waals surface area contributed by atoms with Crippen LogP contribution in [-0.2, 0) is 14.3 Å².